The minimum Gasteiger partial charge on any atom is -0.338 e. The molecule has 3 heterocycles. The molecular weight excluding hydrogens is 334 g/mol. The zero-order valence-electron chi connectivity index (χ0n) is 15.1. The standard InChI is InChI=1S/C18H23N5OS/c1-12(2)9-22(10-15-5-6-25-11-15)17(24)8-16-20-18-19-13(3)7-14(4)23(18)21-16/h5-7,11-12H,8-10H2,1-4H3. The Balaban J connectivity index is 1.79. The number of aryl methyl sites for hydroxylation is 2. The van der Waals surface area contributed by atoms with Gasteiger partial charge in [0, 0.05) is 24.5 Å². The summed E-state index contributed by atoms with van der Waals surface area (Å²) < 4.78 is 1.70. The summed E-state index contributed by atoms with van der Waals surface area (Å²) in [5.41, 5.74) is 3.02. The van der Waals surface area contributed by atoms with Crippen LogP contribution in [0, 0.1) is 19.8 Å². The van der Waals surface area contributed by atoms with Gasteiger partial charge in [0.2, 0.25) is 5.91 Å². The summed E-state index contributed by atoms with van der Waals surface area (Å²) in [6.45, 7) is 9.48. The van der Waals surface area contributed by atoms with Gasteiger partial charge in [-0.1, -0.05) is 13.8 Å². The lowest BCUT2D eigenvalue weighted by molar-refractivity contribution is -0.131. The van der Waals surface area contributed by atoms with E-state index in [0.717, 1.165) is 23.5 Å². The molecule has 6 nitrogen and oxygen atoms in total. The van der Waals surface area contributed by atoms with Gasteiger partial charge in [-0.05, 0) is 48.2 Å². The predicted octanol–water partition coefficient (Wildman–Crippen LogP) is 3.03. The number of carbonyl (C=O) groups excluding carboxylic acids is 1. The molecule has 3 rings (SSSR count). The zero-order valence-corrected chi connectivity index (χ0v) is 15.9. The largest absolute Gasteiger partial charge is 0.338 e. The maximum atomic E-state index is 12.8. The molecule has 0 fully saturated rings. The van der Waals surface area contributed by atoms with Gasteiger partial charge in [0.1, 0.15) is 0 Å². The lowest BCUT2D eigenvalue weighted by Crippen LogP contribution is -2.35. The topological polar surface area (TPSA) is 63.4 Å². The van der Waals surface area contributed by atoms with Crippen LogP contribution in [-0.2, 0) is 17.8 Å². The van der Waals surface area contributed by atoms with Crippen molar-refractivity contribution in [3.05, 3.63) is 45.7 Å². The Hall–Kier alpha value is -2.28. The minimum atomic E-state index is 0.0465. The highest BCUT2D eigenvalue weighted by Crippen LogP contribution is 2.13. The number of hydrogen-bond donors (Lipinski definition) is 0. The summed E-state index contributed by atoms with van der Waals surface area (Å²) in [7, 11) is 0. The van der Waals surface area contributed by atoms with Crippen LogP contribution in [0.4, 0.5) is 0 Å². The first-order valence-electron chi connectivity index (χ1n) is 8.41. The lowest BCUT2D eigenvalue weighted by Gasteiger charge is -2.24. The molecular formula is C18H23N5OS. The maximum Gasteiger partial charge on any atom is 0.252 e. The molecule has 7 heteroatoms. The van der Waals surface area contributed by atoms with E-state index >= 15 is 0 Å². The summed E-state index contributed by atoms with van der Waals surface area (Å²) in [5, 5.41) is 8.57. The highest BCUT2D eigenvalue weighted by molar-refractivity contribution is 7.07. The highest BCUT2D eigenvalue weighted by Gasteiger charge is 2.19. The van der Waals surface area contributed by atoms with Gasteiger partial charge in [-0.2, -0.15) is 16.3 Å². The van der Waals surface area contributed by atoms with Crippen LogP contribution in [0.3, 0.4) is 0 Å². The fraction of sp³-hybridized carbons (Fsp3) is 0.444. The second kappa shape index (κ2) is 7.31. The van der Waals surface area contributed by atoms with E-state index < -0.39 is 0 Å². The average Bonchev–Trinajstić information content (AvgIpc) is 3.15. The summed E-state index contributed by atoms with van der Waals surface area (Å²) in [5.74, 6) is 1.52. The third-order valence-electron chi connectivity index (χ3n) is 3.86. The van der Waals surface area contributed by atoms with E-state index in [1.54, 1.807) is 15.9 Å². The van der Waals surface area contributed by atoms with Crippen LogP contribution in [0.1, 0.15) is 36.6 Å². The zero-order chi connectivity index (χ0) is 18.0. The average molecular weight is 357 g/mol. The molecule has 0 saturated carbocycles. The fourth-order valence-corrected chi connectivity index (χ4v) is 3.49. The van der Waals surface area contributed by atoms with Crippen LogP contribution in [0.15, 0.2) is 22.9 Å². The van der Waals surface area contributed by atoms with Crippen LogP contribution >= 0.6 is 11.3 Å². The number of amides is 1. The molecule has 0 aliphatic carbocycles. The van der Waals surface area contributed by atoms with E-state index in [9.17, 15) is 4.79 Å². The van der Waals surface area contributed by atoms with Crippen LogP contribution in [0.25, 0.3) is 5.78 Å². The van der Waals surface area contributed by atoms with Crippen molar-refractivity contribution in [1.29, 1.82) is 0 Å². The molecule has 1 amide bonds. The normalized spacial score (nSPS) is 11.4. The fourth-order valence-electron chi connectivity index (χ4n) is 2.83. The summed E-state index contributed by atoms with van der Waals surface area (Å²) in [6, 6.07) is 4.01. The van der Waals surface area contributed by atoms with Crippen molar-refractivity contribution in [2.75, 3.05) is 6.54 Å². The minimum absolute atomic E-state index is 0.0465. The number of aromatic nitrogens is 4. The second-order valence-corrected chi connectivity index (χ2v) is 7.54. The summed E-state index contributed by atoms with van der Waals surface area (Å²) in [4.78, 5) is 23.5. The Bertz CT molecular complexity index is 869. The molecule has 3 aromatic rings. The van der Waals surface area contributed by atoms with Gasteiger partial charge in [0.25, 0.3) is 5.78 Å². The molecule has 0 atom stereocenters. The summed E-state index contributed by atoms with van der Waals surface area (Å²) in [6.07, 6.45) is 0.193. The number of thiophene rings is 1. The van der Waals surface area contributed by atoms with Gasteiger partial charge in [-0.3, -0.25) is 4.79 Å². The SMILES string of the molecule is Cc1cc(C)n2nc(CC(=O)N(Cc3ccsc3)CC(C)C)nc2n1. The predicted molar refractivity (Wildman–Crippen MR) is 98.5 cm³/mol. The van der Waals surface area contributed by atoms with Crippen molar-refractivity contribution in [1.82, 2.24) is 24.5 Å². The van der Waals surface area contributed by atoms with Crippen LogP contribution in [0.5, 0.6) is 0 Å². The molecule has 0 bridgehead atoms. The maximum absolute atomic E-state index is 12.8. The Morgan fingerprint density at radius 3 is 2.80 bits per heavy atom. The molecule has 0 aliphatic heterocycles. The third kappa shape index (κ3) is 4.22. The first kappa shape index (κ1) is 17.5. The van der Waals surface area contributed by atoms with Gasteiger partial charge < -0.3 is 4.90 Å². The van der Waals surface area contributed by atoms with Crippen LogP contribution in [0.2, 0.25) is 0 Å². The van der Waals surface area contributed by atoms with Gasteiger partial charge in [0.05, 0.1) is 6.42 Å². The Morgan fingerprint density at radius 1 is 1.32 bits per heavy atom. The molecule has 0 N–H and O–H groups in total. The second-order valence-electron chi connectivity index (χ2n) is 6.76. The van der Waals surface area contributed by atoms with E-state index in [-0.39, 0.29) is 12.3 Å². The first-order valence-corrected chi connectivity index (χ1v) is 9.35. The van der Waals surface area contributed by atoms with E-state index in [4.69, 9.17) is 0 Å². The Labute approximate surface area is 151 Å². The number of fused-ring (bicyclic) bond motifs is 1. The number of nitrogens with zero attached hydrogens (tertiary/aromatic N) is 5. The number of carbonyl (C=O) groups is 1. The quantitative estimate of drug-likeness (QED) is 0.680. The van der Waals surface area contributed by atoms with E-state index in [1.807, 2.05) is 30.2 Å². The van der Waals surface area contributed by atoms with E-state index in [1.165, 1.54) is 0 Å². The van der Waals surface area contributed by atoms with Gasteiger partial charge >= 0.3 is 0 Å². The van der Waals surface area contributed by atoms with Gasteiger partial charge in [0.15, 0.2) is 5.82 Å². The van der Waals surface area contributed by atoms with Crippen molar-refractivity contribution >= 4 is 23.0 Å². The monoisotopic (exact) mass is 357 g/mol. The summed E-state index contributed by atoms with van der Waals surface area (Å²) >= 11 is 1.65. The van der Waals surface area contributed by atoms with E-state index in [0.29, 0.717) is 24.1 Å². The third-order valence-corrected chi connectivity index (χ3v) is 4.60. The Morgan fingerprint density at radius 2 is 2.12 bits per heavy atom. The lowest BCUT2D eigenvalue weighted by atomic mass is 10.2. The molecule has 132 valence electrons. The molecule has 0 spiro atoms. The molecule has 25 heavy (non-hydrogen) atoms. The van der Waals surface area contributed by atoms with Crippen LogP contribution in [-0.4, -0.2) is 36.9 Å². The van der Waals surface area contributed by atoms with Crippen molar-refractivity contribution in [3.63, 3.8) is 0 Å². The molecule has 0 aromatic carbocycles. The highest BCUT2D eigenvalue weighted by atomic mass is 32.1. The molecule has 0 saturated heterocycles. The molecule has 0 radical (unpaired) electrons. The Kier molecular flexibility index (Phi) is 5.13. The molecule has 0 unspecified atom stereocenters. The van der Waals surface area contributed by atoms with Gasteiger partial charge in [-0.25, -0.2) is 9.50 Å². The van der Waals surface area contributed by atoms with Crippen LogP contribution < -0.4 is 0 Å². The van der Waals surface area contributed by atoms with Gasteiger partial charge in [-0.15, -0.1) is 5.10 Å². The van der Waals surface area contributed by atoms with E-state index in [2.05, 4.69) is 40.4 Å². The molecule has 3 aromatic heterocycles. The number of rotatable bonds is 6. The van der Waals surface area contributed by atoms with Crippen molar-refractivity contribution < 1.29 is 4.79 Å². The van der Waals surface area contributed by atoms with Crippen molar-refractivity contribution in [2.24, 2.45) is 5.92 Å². The van der Waals surface area contributed by atoms with Crippen molar-refractivity contribution in [2.45, 2.75) is 40.7 Å². The number of hydrogen-bond acceptors (Lipinski definition) is 5. The smallest absolute Gasteiger partial charge is 0.252 e. The first-order chi connectivity index (χ1) is 11.9. The van der Waals surface area contributed by atoms with Crippen molar-refractivity contribution in [3.8, 4) is 0 Å². The molecule has 0 aliphatic rings.